The molecule has 0 radical (unpaired) electrons. The van der Waals surface area contributed by atoms with E-state index in [9.17, 15) is 15.0 Å². The lowest BCUT2D eigenvalue weighted by Gasteiger charge is -2.38. The lowest BCUT2D eigenvalue weighted by Crippen LogP contribution is -2.44. The average molecular weight is 339 g/mol. The lowest BCUT2D eigenvalue weighted by atomic mass is 9.95. The highest BCUT2D eigenvalue weighted by Gasteiger charge is 2.40. The van der Waals surface area contributed by atoms with Crippen LogP contribution in [-0.4, -0.2) is 24.3 Å². The monoisotopic (exact) mass is 338 g/mol. The van der Waals surface area contributed by atoms with E-state index < -0.39 is 8.32 Å². The molecule has 0 saturated carbocycles. The first kappa shape index (κ1) is 19.6. The Balaban J connectivity index is 3.69. The number of hydrogen-bond donors (Lipinski definition) is 2. The molecule has 1 aromatic rings. The molecule has 0 heterocycles. The van der Waals surface area contributed by atoms with Crippen LogP contribution in [0.25, 0.3) is 0 Å². The Bertz CT molecular complexity index is 581. The summed E-state index contributed by atoms with van der Waals surface area (Å²) in [5.41, 5.74) is 1.21. The van der Waals surface area contributed by atoms with Crippen molar-refractivity contribution in [2.75, 3.05) is 0 Å². The molecule has 0 amide bonds. The summed E-state index contributed by atoms with van der Waals surface area (Å²) >= 11 is 0. The molecule has 1 rings (SSSR count). The average Bonchev–Trinajstić information content (AvgIpc) is 2.37. The summed E-state index contributed by atoms with van der Waals surface area (Å²) in [5, 5.41) is 21.0. The van der Waals surface area contributed by atoms with Crippen molar-refractivity contribution in [2.24, 2.45) is 0 Å². The molecule has 0 aliphatic rings. The number of hydrogen-bond acceptors (Lipinski definition) is 4. The maximum Gasteiger partial charge on any atom is 0.250 e. The summed E-state index contributed by atoms with van der Waals surface area (Å²) in [6.45, 7) is 15.8. The Labute approximate surface area is 140 Å². The highest BCUT2D eigenvalue weighted by molar-refractivity contribution is 6.74. The van der Waals surface area contributed by atoms with Gasteiger partial charge >= 0.3 is 0 Å². The van der Waals surface area contributed by atoms with Crippen LogP contribution in [0.3, 0.4) is 0 Å². The van der Waals surface area contributed by atoms with Gasteiger partial charge in [-0.25, -0.2) is 0 Å². The summed E-state index contributed by atoms with van der Waals surface area (Å²) in [7, 11) is -2.14. The lowest BCUT2D eigenvalue weighted by molar-refractivity contribution is 0.101. The van der Waals surface area contributed by atoms with E-state index in [0.717, 1.165) is 0 Å². The zero-order valence-electron chi connectivity index (χ0n) is 15.6. The molecule has 23 heavy (non-hydrogen) atoms. The van der Waals surface area contributed by atoms with Crippen LogP contribution in [-0.2, 0) is 12.8 Å². The van der Waals surface area contributed by atoms with Crippen LogP contribution < -0.4 is 4.43 Å². The molecule has 130 valence electrons. The SMILES string of the molecule is CCc1c(O)c(C(C)=O)c(O)c(CC)c1O[Si](C)(C)C(C)(C)C. The van der Waals surface area contributed by atoms with E-state index in [0.29, 0.717) is 29.7 Å². The van der Waals surface area contributed by atoms with Gasteiger partial charge in [0.2, 0.25) is 0 Å². The second-order valence-electron chi connectivity index (χ2n) is 7.48. The molecular formula is C18H30O4Si. The van der Waals surface area contributed by atoms with Gasteiger partial charge in [-0.3, -0.25) is 4.79 Å². The van der Waals surface area contributed by atoms with Crippen LogP contribution in [0, 0.1) is 0 Å². The largest absolute Gasteiger partial charge is 0.543 e. The number of phenolic OH excluding ortho intramolecular Hbond substituents is 2. The van der Waals surface area contributed by atoms with Gasteiger partial charge in [0.15, 0.2) is 5.78 Å². The van der Waals surface area contributed by atoms with Crippen molar-refractivity contribution in [2.45, 2.75) is 72.5 Å². The fourth-order valence-corrected chi connectivity index (χ4v) is 3.39. The van der Waals surface area contributed by atoms with Crippen molar-refractivity contribution in [3.05, 3.63) is 16.7 Å². The number of carbonyl (C=O) groups is 1. The zero-order valence-corrected chi connectivity index (χ0v) is 16.6. The number of aromatic hydroxyl groups is 2. The minimum absolute atomic E-state index is 0.00119. The molecule has 0 spiro atoms. The second-order valence-corrected chi connectivity index (χ2v) is 12.2. The van der Waals surface area contributed by atoms with Crippen LogP contribution in [0.2, 0.25) is 18.1 Å². The van der Waals surface area contributed by atoms with Gasteiger partial charge in [-0.15, -0.1) is 0 Å². The van der Waals surface area contributed by atoms with Gasteiger partial charge in [0.05, 0.1) is 0 Å². The van der Waals surface area contributed by atoms with Crippen molar-refractivity contribution in [3.8, 4) is 17.2 Å². The molecule has 0 aliphatic heterocycles. The van der Waals surface area contributed by atoms with E-state index in [-0.39, 0.29) is 27.9 Å². The summed E-state index contributed by atoms with van der Waals surface area (Å²) < 4.78 is 6.41. The topological polar surface area (TPSA) is 66.8 Å². The molecule has 0 unspecified atom stereocenters. The number of benzene rings is 1. The molecule has 2 N–H and O–H groups in total. The number of ketones is 1. The summed E-state index contributed by atoms with van der Waals surface area (Å²) in [6, 6.07) is 0. The van der Waals surface area contributed by atoms with E-state index in [4.69, 9.17) is 4.43 Å². The van der Waals surface area contributed by atoms with Gasteiger partial charge in [-0.05, 0) is 37.9 Å². The number of phenols is 2. The molecule has 1 aromatic carbocycles. The van der Waals surface area contributed by atoms with Gasteiger partial charge in [-0.1, -0.05) is 34.6 Å². The van der Waals surface area contributed by atoms with E-state index in [1.54, 1.807) is 0 Å². The van der Waals surface area contributed by atoms with E-state index in [2.05, 4.69) is 33.9 Å². The van der Waals surface area contributed by atoms with Crippen molar-refractivity contribution in [1.29, 1.82) is 0 Å². The normalized spacial score (nSPS) is 12.3. The fraction of sp³-hybridized carbons (Fsp3) is 0.611. The van der Waals surface area contributed by atoms with Crippen molar-refractivity contribution < 1.29 is 19.4 Å². The highest BCUT2D eigenvalue weighted by atomic mass is 28.4. The third-order valence-corrected chi connectivity index (χ3v) is 9.14. The molecule has 0 aliphatic carbocycles. The maximum absolute atomic E-state index is 11.8. The Kier molecular flexibility index (Phi) is 5.57. The Morgan fingerprint density at radius 1 is 1.04 bits per heavy atom. The number of Topliss-reactive ketones (excluding diaryl/α,β-unsaturated/α-hetero) is 1. The maximum atomic E-state index is 11.8. The third-order valence-electron chi connectivity index (χ3n) is 4.82. The van der Waals surface area contributed by atoms with Crippen LogP contribution in [0.4, 0.5) is 0 Å². The molecule has 5 heteroatoms. The Morgan fingerprint density at radius 3 is 1.70 bits per heavy atom. The molecule has 4 nitrogen and oxygen atoms in total. The first-order valence-corrected chi connectivity index (χ1v) is 11.1. The summed E-state index contributed by atoms with van der Waals surface area (Å²) in [4.78, 5) is 11.8. The van der Waals surface area contributed by atoms with Crippen LogP contribution in [0.1, 0.15) is 63.0 Å². The standard InChI is InChI=1S/C18H30O4Si/c1-9-12-15(20)14(11(3)19)16(21)13(10-2)17(12)22-23(7,8)18(4,5)6/h20-21H,9-10H2,1-8H3. The van der Waals surface area contributed by atoms with Crippen molar-refractivity contribution >= 4 is 14.1 Å². The van der Waals surface area contributed by atoms with Crippen LogP contribution in [0.15, 0.2) is 0 Å². The molecule has 0 bridgehead atoms. The van der Waals surface area contributed by atoms with Gasteiger partial charge in [0.25, 0.3) is 8.32 Å². The Hall–Kier alpha value is -1.49. The minimum Gasteiger partial charge on any atom is -0.543 e. The van der Waals surface area contributed by atoms with E-state index in [1.807, 2.05) is 13.8 Å². The molecule has 0 fully saturated rings. The molecular weight excluding hydrogens is 308 g/mol. The van der Waals surface area contributed by atoms with E-state index in [1.165, 1.54) is 6.92 Å². The van der Waals surface area contributed by atoms with Gasteiger partial charge < -0.3 is 14.6 Å². The van der Waals surface area contributed by atoms with Crippen LogP contribution >= 0.6 is 0 Å². The highest BCUT2D eigenvalue weighted by Crippen LogP contribution is 2.46. The first-order chi connectivity index (χ1) is 10.4. The van der Waals surface area contributed by atoms with Crippen molar-refractivity contribution in [3.63, 3.8) is 0 Å². The van der Waals surface area contributed by atoms with Crippen LogP contribution in [0.5, 0.6) is 17.2 Å². The zero-order chi connectivity index (χ0) is 18.2. The van der Waals surface area contributed by atoms with Crippen molar-refractivity contribution in [1.82, 2.24) is 0 Å². The van der Waals surface area contributed by atoms with Gasteiger partial charge in [0.1, 0.15) is 22.8 Å². The third kappa shape index (κ3) is 3.55. The number of carbonyl (C=O) groups excluding carboxylic acids is 1. The van der Waals surface area contributed by atoms with Gasteiger partial charge in [0, 0.05) is 11.1 Å². The fourth-order valence-electron chi connectivity index (χ4n) is 2.33. The second kappa shape index (κ2) is 6.55. The molecule has 0 saturated heterocycles. The van der Waals surface area contributed by atoms with E-state index >= 15 is 0 Å². The predicted octanol–water partition coefficient (Wildman–Crippen LogP) is 4.81. The minimum atomic E-state index is -2.14. The Morgan fingerprint density at radius 2 is 1.43 bits per heavy atom. The summed E-state index contributed by atoms with van der Waals surface area (Å²) in [5.74, 6) is -0.0864. The quantitative estimate of drug-likeness (QED) is 0.597. The number of rotatable bonds is 5. The first-order valence-electron chi connectivity index (χ1n) is 8.18. The van der Waals surface area contributed by atoms with Gasteiger partial charge in [-0.2, -0.15) is 0 Å². The predicted molar refractivity (Wildman–Crippen MR) is 96.4 cm³/mol. The molecule has 0 atom stereocenters. The molecule has 0 aromatic heterocycles. The summed E-state index contributed by atoms with van der Waals surface area (Å²) in [6.07, 6.45) is 1.06. The smallest absolute Gasteiger partial charge is 0.250 e.